The first-order chi connectivity index (χ1) is 32.8. The number of nitriles is 1. The Morgan fingerprint density at radius 1 is 0.373 bits per heavy atom. The first kappa shape index (κ1) is 41.0. The lowest BCUT2D eigenvalue weighted by Gasteiger charge is -2.22. The van der Waals surface area contributed by atoms with Crippen molar-refractivity contribution in [1.82, 2.24) is 19.5 Å². The predicted molar refractivity (Wildman–Crippen MR) is 276 cm³/mol. The summed E-state index contributed by atoms with van der Waals surface area (Å²) in [7, 11) is 0. The number of hydrogen-bond donors (Lipinski definition) is 0. The monoisotopic (exact) mass is 859 g/mol. The molecule has 0 aliphatic carbocycles. The van der Waals surface area contributed by atoms with Gasteiger partial charge in [-0.3, -0.25) is 0 Å². The van der Waals surface area contributed by atoms with Gasteiger partial charge in [-0.25, -0.2) is 15.0 Å². The van der Waals surface area contributed by atoms with Crippen LogP contribution in [-0.2, 0) is 5.41 Å². The summed E-state index contributed by atoms with van der Waals surface area (Å²) in [5, 5.41) is 12.3. The SMILES string of the molecule is CC(C)(C)c1ccc2c(c1)c1cc(C#N)ccc1n2-c1c(-c2ccccc2)cc(-c2nc(-c3ccc(-c4ccccc4)cc3)nc(-c3ccc(-c4ccccc4)cc3)n2)cc1-c1ccccc1. The molecule has 318 valence electrons. The number of rotatable bonds is 8. The maximum absolute atomic E-state index is 10.1. The molecular formula is C62H45N5. The minimum absolute atomic E-state index is 0.0718. The van der Waals surface area contributed by atoms with E-state index in [1.54, 1.807) is 0 Å². The summed E-state index contributed by atoms with van der Waals surface area (Å²) in [5.74, 6) is 1.74. The molecule has 0 atom stereocenters. The summed E-state index contributed by atoms with van der Waals surface area (Å²) in [4.78, 5) is 15.8. The maximum atomic E-state index is 10.1. The lowest BCUT2D eigenvalue weighted by molar-refractivity contribution is 0.591. The van der Waals surface area contributed by atoms with Crippen LogP contribution in [0.5, 0.6) is 0 Å². The molecule has 5 nitrogen and oxygen atoms in total. The average molecular weight is 860 g/mol. The summed E-state index contributed by atoms with van der Waals surface area (Å²) in [6, 6.07) is 78.6. The van der Waals surface area contributed by atoms with Crippen LogP contribution < -0.4 is 0 Å². The Kier molecular flexibility index (Phi) is 10.4. The lowest BCUT2D eigenvalue weighted by atomic mass is 9.86. The number of aromatic nitrogens is 4. The standard InChI is InChI=1S/C62H45N5/c1-62(2,3)51-33-35-57-55(39-51)54-36-41(40-63)24-34-56(54)67(57)58-52(46-20-12-6-13-21-46)37-50(38-53(58)47-22-14-7-15-23-47)61-65-59(48-29-25-44(26-30-48)42-16-8-4-9-17-42)64-60(66-61)49-31-27-45(28-32-49)43-18-10-5-11-19-43/h4-39H,1-3H3. The van der Waals surface area contributed by atoms with Gasteiger partial charge in [0.05, 0.1) is 28.4 Å². The van der Waals surface area contributed by atoms with E-state index in [0.717, 1.165) is 88.7 Å². The summed E-state index contributed by atoms with van der Waals surface area (Å²) in [5.41, 5.74) is 16.2. The Morgan fingerprint density at radius 3 is 1.18 bits per heavy atom. The van der Waals surface area contributed by atoms with E-state index in [9.17, 15) is 5.26 Å². The van der Waals surface area contributed by atoms with Crippen LogP contribution >= 0.6 is 0 Å². The zero-order chi connectivity index (χ0) is 45.5. The van der Waals surface area contributed by atoms with Gasteiger partial charge in [-0.1, -0.05) is 197 Å². The highest BCUT2D eigenvalue weighted by Crippen LogP contribution is 2.45. The van der Waals surface area contributed by atoms with E-state index in [1.807, 2.05) is 24.3 Å². The van der Waals surface area contributed by atoms with Gasteiger partial charge in [-0.2, -0.15) is 5.26 Å². The molecule has 2 heterocycles. The Morgan fingerprint density at radius 2 is 0.746 bits per heavy atom. The number of nitrogens with zero attached hydrogens (tertiary/aromatic N) is 5. The molecule has 67 heavy (non-hydrogen) atoms. The number of benzene rings is 9. The molecule has 0 aliphatic heterocycles. The lowest BCUT2D eigenvalue weighted by Crippen LogP contribution is -2.10. The topological polar surface area (TPSA) is 67.4 Å². The predicted octanol–water partition coefficient (Wildman–Crippen LogP) is 15.8. The molecule has 0 bridgehead atoms. The fourth-order valence-electron chi connectivity index (χ4n) is 9.13. The van der Waals surface area contributed by atoms with Crippen molar-refractivity contribution in [1.29, 1.82) is 5.26 Å². The Bertz CT molecular complexity index is 3460. The second kappa shape index (κ2) is 17.0. The Hall–Kier alpha value is -8.72. The number of fused-ring (bicyclic) bond motifs is 3. The molecule has 0 saturated carbocycles. The highest BCUT2D eigenvalue weighted by atomic mass is 15.0. The third kappa shape index (κ3) is 7.85. The van der Waals surface area contributed by atoms with Crippen LogP contribution in [0.3, 0.4) is 0 Å². The highest BCUT2D eigenvalue weighted by Gasteiger charge is 2.25. The molecule has 0 amide bonds. The van der Waals surface area contributed by atoms with Crippen LogP contribution in [-0.4, -0.2) is 19.5 Å². The zero-order valence-electron chi connectivity index (χ0n) is 37.5. The van der Waals surface area contributed by atoms with E-state index in [2.05, 4.69) is 226 Å². The van der Waals surface area contributed by atoms with Gasteiger partial charge < -0.3 is 4.57 Å². The summed E-state index contributed by atoms with van der Waals surface area (Å²) in [6.45, 7) is 6.72. The molecule has 11 aromatic rings. The largest absolute Gasteiger partial charge is 0.308 e. The van der Waals surface area contributed by atoms with Gasteiger partial charge in [0.15, 0.2) is 17.5 Å². The number of hydrogen-bond acceptors (Lipinski definition) is 4. The van der Waals surface area contributed by atoms with Crippen LogP contribution in [0.4, 0.5) is 0 Å². The molecule has 5 heteroatoms. The van der Waals surface area contributed by atoms with Crippen molar-refractivity contribution in [3.63, 3.8) is 0 Å². The molecule has 0 N–H and O–H groups in total. The van der Waals surface area contributed by atoms with Crippen molar-refractivity contribution in [2.75, 3.05) is 0 Å². The maximum Gasteiger partial charge on any atom is 0.164 e. The summed E-state index contributed by atoms with van der Waals surface area (Å²) >= 11 is 0. The third-order valence-corrected chi connectivity index (χ3v) is 12.7. The van der Waals surface area contributed by atoms with Crippen LogP contribution in [0.2, 0.25) is 0 Å². The van der Waals surface area contributed by atoms with Gasteiger partial charge in [0.1, 0.15) is 0 Å². The van der Waals surface area contributed by atoms with Gasteiger partial charge in [0, 0.05) is 38.6 Å². The van der Waals surface area contributed by atoms with E-state index < -0.39 is 0 Å². The highest BCUT2D eigenvalue weighted by molar-refractivity contribution is 6.11. The molecule has 11 rings (SSSR count). The molecule has 2 aromatic heterocycles. The molecule has 0 fully saturated rings. The van der Waals surface area contributed by atoms with Crippen molar-refractivity contribution in [2.24, 2.45) is 0 Å². The van der Waals surface area contributed by atoms with Crippen LogP contribution in [0, 0.1) is 11.3 Å². The van der Waals surface area contributed by atoms with E-state index >= 15 is 0 Å². The molecule has 0 spiro atoms. The normalized spacial score (nSPS) is 11.5. The second-order valence-electron chi connectivity index (χ2n) is 18.0. The van der Waals surface area contributed by atoms with Crippen molar-refractivity contribution in [3.8, 4) is 90.4 Å². The third-order valence-electron chi connectivity index (χ3n) is 12.7. The average Bonchev–Trinajstić information content (AvgIpc) is 3.71. The van der Waals surface area contributed by atoms with E-state index in [0.29, 0.717) is 23.0 Å². The van der Waals surface area contributed by atoms with Crippen LogP contribution in [0.1, 0.15) is 31.9 Å². The van der Waals surface area contributed by atoms with Gasteiger partial charge in [0.2, 0.25) is 0 Å². The van der Waals surface area contributed by atoms with Gasteiger partial charge in [-0.05, 0) is 86.8 Å². The van der Waals surface area contributed by atoms with Crippen molar-refractivity contribution >= 4 is 21.8 Å². The first-order valence-corrected chi connectivity index (χ1v) is 22.7. The Balaban J connectivity index is 1.18. The van der Waals surface area contributed by atoms with Gasteiger partial charge >= 0.3 is 0 Å². The van der Waals surface area contributed by atoms with Crippen LogP contribution in [0.15, 0.2) is 218 Å². The first-order valence-electron chi connectivity index (χ1n) is 22.7. The van der Waals surface area contributed by atoms with E-state index in [4.69, 9.17) is 15.0 Å². The van der Waals surface area contributed by atoms with Crippen molar-refractivity contribution in [2.45, 2.75) is 26.2 Å². The van der Waals surface area contributed by atoms with Gasteiger partial charge in [-0.15, -0.1) is 0 Å². The van der Waals surface area contributed by atoms with E-state index in [1.165, 1.54) is 5.56 Å². The minimum atomic E-state index is -0.0718. The fraction of sp³-hybridized carbons (Fsp3) is 0.0645. The molecule has 0 aliphatic rings. The molecule has 0 saturated heterocycles. The van der Waals surface area contributed by atoms with Crippen molar-refractivity contribution in [3.05, 3.63) is 230 Å². The quantitative estimate of drug-likeness (QED) is 0.153. The molecule has 9 aromatic carbocycles. The minimum Gasteiger partial charge on any atom is -0.308 e. The second-order valence-corrected chi connectivity index (χ2v) is 18.0. The smallest absolute Gasteiger partial charge is 0.164 e. The molecular weight excluding hydrogens is 815 g/mol. The molecule has 0 unspecified atom stereocenters. The Labute approximate surface area is 391 Å². The van der Waals surface area contributed by atoms with Crippen molar-refractivity contribution < 1.29 is 0 Å². The fourth-order valence-corrected chi connectivity index (χ4v) is 9.13. The molecule has 0 radical (unpaired) electrons. The van der Waals surface area contributed by atoms with E-state index in [-0.39, 0.29) is 5.41 Å². The zero-order valence-corrected chi connectivity index (χ0v) is 37.5. The van der Waals surface area contributed by atoms with Crippen LogP contribution in [0.25, 0.3) is 106 Å². The summed E-state index contributed by atoms with van der Waals surface area (Å²) in [6.07, 6.45) is 0. The summed E-state index contributed by atoms with van der Waals surface area (Å²) < 4.78 is 2.39. The van der Waals surface area contributed by atoms with Gasteiger partial charge in [0.25, 0.3) is 0 Å².